The SMILES string of the molecule is CCC(C)C(N)CS(=O)(=O)c1cccc(Cl)c1. The van der Waals surface area contributed by atoms with Gasteiger partial charge in [0, 0.05) is 11.1 Å². The number of benzene rings is 1. The molecule has 0 radical (unpaired) electrons. The first-order valence-corrected chi connectivity index (χ1v) is 7.63. The Bertz CT molecular complexity index is 473. The van der Waals surface area contributed by atoms with Gasteiger partial charge in [-0.1, -0.05) is 37.9 Å². The maximum Gasteiger partial charge on any atom is 0.179 e. The Morgan fingerprint density at radius 2 is 2.06 bits per heavy atom. The molecule has 3 nitrogen and oxygen atoms in total. The molecular weight excluding hydrogens is 258 g/mol. The van der Waals surface area contributed by atoms with Crippen molar-refractivity contribution in [2.75, 3.05) is 5.75 Å². The molecule has 0 bridgehead atoms. The van der Waals surface area contributed by atoms with Crippen molar-refractivity contribution in [3.63, 3.8) is 0 Å². The third-order valence-corrected chi connectivity index (χ3v) is 4.97. The minimum Gasteiger partial charge on any atom is -0.327 e. The predicted molar refractivity (Wildman–Crippen MR) is 70.9 cm³/mol. The lowest BCUT2D eigenvalue weighted by molar-refractivity contribution is 0.466. The Morgan fingerprint density at radius 3 is 2.59 bits per heavy atom. The van der Waals surface area contributed by atoms with Crippen molar-refractivity contribution < 1.29 is 8.42 Å². The van der Waals surface area contributed by atoms with E-state index >= 15 is 0 Å². The van der Waals surface area contributed by atoms with E-state index in [4.69, 9.17) is 17.3 Å². The zero-order chi connectivity index (χ0) is 13.1. The Balaban J connectivity index is 2.89. The highest BCUT2D eigenvalue weighted by Crippen LogP contribution is 2.18. The monoisotopic (exact) mass is 275 g/mol. The van der Waals surface area contributed by atoms with Gasteiger partial charge in [0.1, 0.15) is 0 Å². The van der Waals surface area contributed by atoms with Gasteiger partial charge in [0.15, 0.2) is 9.84 Å². The van der Waals surface area contributed by atoms with Gasteiger partial charge in [-0.25, -0.2) is 8.42 Å². The fourth-order valence-corrected chi connectivity index (χ4v) is 3.35. The van der Waals surface area contributed by atoms with Crippen LogP contribution in [0.3, 0.4) is 0 Å². The minimum atomic E-state index is -3.35. The molecule has 0 spiro atoms. The highest BCUT2D eigenvalue weighted by molar-refractivity contribution is 7.91. The van der Waals surface area contributed by atoms with Gasteiger partial charge in [-0.3, -0.25) is 0 Å². The highest BCUT2D eigenvalue weighted by Gasteiger charge is 2.22. The van der Waals surface area contributed by atoms with Crippen LogP contribution in [-0.4, -0.2) is 20.2 Å². The lowest BCUT2D eigenvalue weighted by Gasteiger charge is -2.18. The first-order valence-electron chi connectivity index (χ1n) is 5.60. The standard InChI is InChI=1S/C12H18ClNO2S/c1-3-9(2)12(14)8-17(15,16)11-6-4-5-10(13)7-11/h4-7,9,12H,3,8,14H2,1-2H3. The largest absolute Gasteiger partial charge is 0.327 e. The summed E-state index contributed by atoms with van der Waals surface area (Å²) in [4.78, 5) is 0.240. The van der Waals surface area contributed by atoms with Gasteiger partial charge in [0.25, 0.3) is 0 Å². The Labute approximate surface area is 108 Å². The van der Waals surface area contributed by atoms with E-state index < -0.39 is 9.84 Å². The molecule has 0 aromatic heterocycles. The highest BCUT2D eigenvalue weighted by atomic mass is 35.5. The molecule has 0 aliphatic heterocycles. The molecule has 1 aromatic rings. The second-order valence-corrected chi connectivity index (χ2v) is 6.76. The lowest BCUT2D eigenvalue weighted by atomic mass is 10.0. The summed E-state index contributed by atoms with van der Waals surface area (Å²) in [5.74, 6) is 0.145. The van der Waals surface area contributed by atoms with Crippen LogP contribution in [0.2, 0.25) is 5.02 Å². The zero-order valence-corrected chi connectivity index (χ0v) is 11.6. The fourth-order valence-electron chi connectivity index (χ4n) is 1.48. The van der Waals surface area contributed by atoms with Gasteiger partial charge in [-0.05, 0) is 24.1 Å². The molecule has 2 atom stereocenters. The van der Waals surface area contributed by atoms with Gasteiger partial charge in [0.2, 0.25) is 0 Å². The number of sulfone groups is 1. The van der Waals surface area contributed by atoms with Crippen LogP contribution in [0, 0.1) is 5.92 Å². The third-order valence-electron chi connectivity index (χ3n) is 2.94. The Kier molecular flexibility index (Phi) is 4.98. The van der Waals surface area contributed by atoms with E-state index in [2.05, 4.69) is 0 Å². The maximum atomic E-state index is 12.1. The van der Waals surface area contributed by atoms with E-state index in [1.807, 2.05) is 13.8 Å². The number of halogens is 1. The smallest absolute Gasteiger partial charge is 0.179 e. The number of hydrogen-bond donors (Lipinski definition) is 1. The van der Waals surface area contributed by atoms with E-state index in [0.29, 0.717) is 5.02 Å². The summed E-state index contributed by atoms with van der Waals surface area (Å²) < 4.78 is 24.2. The van der Waals surface area contributed by atoms with Crippen LogP contribution < -0.4 is 5.73 Å². The summed E-state index contributed by atoms with van der Waals surface area (Å²) in [6, 6.07) is 5.94. The second kappa shape index (κ2) is 5.85. The third kappa shape index (κ3) is 3.98. The van der Waals surface area contributed by atoms with E-state index in [1.54, 1.807) is 18.2 Å². The number of nitrogens with two attached hydrogens (primary N) is 1. The van der Waals surface area contributed by atoms with Gasteiger partial charge in [0.05, 0.1) is 10.6 Å². The molecule has 2 unspecified atom stereocenters. The fraction of sp³-hybridized carbons (Fsp3) is 0.500. The van der Waals surface area contributed by atoms with E-state index in [1.165, 1.54) is 6.07 Å². The molecule has 0 heterocycles. The molecule has 96 valence electrons. The van der Waals surface area contributed by atoms with Crippen molar-refractivity contribution in [3.8, 4) is 0 Å². The quantitative estimate of drug-likeness (QED) is 0.898. The molecule has 0 saturated heterocycles. The van der Waals surface area contributed by atoms with Crippen molar-refractivity contribution >= 4 is 21.4 Å². The van der Waals surface area contributed by atoms with Crippen molar-refractivity contribution in [2.45, 2.75) is 31.2 Å². The van der Waals surface area contributed by atoms with Gasteiger partial charge in [-0.2, -0.15) is 0 Å². The topological polar surface area (TPSA) is 60.2 Å². The summed E-state index contributed by atoms with van der Waals surface area (Å²) >= 11 is 5.78. The molecule has 1 rings (SSSR count). The molecular formula is C12H18ClNO2S. The van der Waals surface area contributed by atoms with E-state index in [9.17, 15) is 8.42 Å². The van der Waals surface area contributed by atoms with Gasteiger partial charge >= 0.3 is 0 Å². The summed E-state index contributed by atoms with van der Waals surface area (Å²) in [6.07, 6.45) is 0.867. The minimum absolute atomic E-state index is 0.0393. The van der Waals surface area contributed by atoms with Crippen LogP contribution in [-0.2, 0) is 9.84 Å². The molecule has 0 saturated carbocycles. The second-order valence-electron chi connectivity index (χ2n) is 4.29. The van der Waals surface area contributed by atoms with E-state index in [-0.39, 0.29) is 22.6 Å². The van der Waals surface area contributed by atoms with Crippen LogP contribution in [0.4, 0.5) is 0 Å². The maximum absolute atomic E-state index is 12.1. The summed E-state index contributed by atoms with van der Waals surface area (Å²) in [5.41, 5.74) is 5.88. The molecule has 1 aromatic carbocycles. The van der Waals surface area contributed by atoms with Gasteiger partial charge in [-0.15, -0.1) is 0 Å². The van der Waals surface area contributed by atoms with Crippen molar-refractivity contribution in [3.05, 3.63) is 29.3 Å². The van der Waals surface area contributed by atoms with Crippen molar-refractivity contribution in [2.24, 2.45) is 11.7 Å². The Morgan fingerprint density at radius 1 is 1.41 bits per heavy atom. The average molecular weight is 276 g/mol. The summed E-state index contributed by atoms with van der Waals surface area (Å²) in [5, 5.41) is 0.420. The summed E-state index contributed by atoms with van der Waals surface area (Å²) in [7, 11) is -3.35. The van der Waals surface area contributed by atoms with Crippen LogP contribution in [0.25, 0.3) is 0 Å². The molecule has 0 aliphatic rings. The molecule has 2 N–H and O–H groups in total. The molecule has 0 amide bonds. The molecule has 5 heteroatoms. The number of hydrogen-bond acceptors (Lipinski definition) is 3. The molecule has 0 aliphatic carbocycles. The molecule has 0 fully saturated rings. The van der Waals surface area contributed by atoms with Crippen LogP contribution >= 0.6 is 11.6 Å². The number of rotatable bonds is 5. The van der Waals surface area contributed by atoms with E-state index in [0.717, 1.165) is 6.42 Å². The zero-order valence-electron chi connectivity index (χ0n) is 10.1. The van der Waals surface area contributed by atoms with Crippen molar-refractivity contribution in [1.82, 2.24) is 0 Å². The summed E-state index contributed by atoms with van der Waals surface area (Å²) in [6.45, 7) is 3.95. The van der Waals surface area contributed by atoms with Crippen LogP contribution in [0.15, 0.2) is 29.2 Å². The Hall–Kier alpha value is -0.580. The van der Waals surface area contributed by atoms with Gasteiger partial charge < -0.3 is 5.73 Å². The lowest BCUT2D eigenvalue weighted by Crippen LogP contribution is -2.35. The normalized spacial score (nSPS) is 15.5. The first kappa shape index (κ1) is 14.5. The molecule has 17 heavy (non-hydrogen) atoms. The van der Waals surface area contributed by atoms with Crippen LogP contribution in [0.1, 0.15) is 20.3 Å². The van der Waals surface area contributed by atoms with Crippen LogP contribution in [0.5, 0.6) is 0 Å². The average Bonchev–Trinajstić information content (AvgIpc) is 2.27. The predicted octanol–water partition coefficient (Wildman–Crippen LogP) is 2.49. The first-order chi connectivity index (χ1) is 7.86. The van der Waals surface area contributed by atoms with Crippen molar-refractivity contribution in [1.29, 1.82) is 0 Å².